The van der Waals surface area contributed by atoms with E-state index in [4.69, 9.17) is 10.2 Å². The van der Waals surface area contributed by atoms with Crippen LogP contribution in [0.5, 0.6) is 0 Å². The molecule has 1 unspecified atom stereocenters. The summed E-state index contributed by atoms with van der Waals surface area (Å²) in [5.41, 5.74) is 5.67. The van der Waals surface area contributed by atoms with Crippen molar-refractivity contribution in [3.8, 4) is 0 Å². The maximum Gasteiger partial charge on any atom is 0.236 e. The predicted molar refractivity (Wildman–Crippen MR) is 78.1 cm³/mol. The van der Waals surface area contributed by atoms with E-state index >= 15 is 0 Å². The largest absolute Gasteiger partial charge is 0.467 e. The van der Waals surface area contributed by atoms with Crippen LogP contribution in [0.15, 0.2) is 22.8 Å². The van der Waals surface area contributed by atoms with E-state index in [0.29, 0.717) is 25.7 Å². The van der Waals surface area contributed by atoms with Crippen molar-refractivity contribution in [2.45, 2.75) is 38.3 Å². The summed E-state index contributed by atoms with van der Waals surface area (Å²) in [6.07, 6.45) is 6.20. The molecule has 0 aromatic carbocycles. The standard InChI is InChI=1S/C15H25N3O2/c1-17(11-14-6-4-10-20-14)15(19)12-18-9-3-2-5-13(18)7-8-16/h4,6,10,13H,2-3,5,7-9,11-12,16H2,1H3. The SMILES string of the molecule is CN(Cc1ccco1)C(=O)CN1CCCCC1CCN. The molecule has 20 heavy (non-hydrogen) atoms. The van der Waals surface area contributed by atoms with Crippen LogP contribution in [0.3, 0.4) is 0 Å². The number of hydrogen-bond donors (Lipinski definition) is 1. The summed E-state index contributed by atoms with van der Waals surface area (Å²) in [6.45, 7) is 2.71. The fourth-order valence-corrected chi connectivity index (χ4v) is 2.81. The topological polar surface area (TPSA) is 62.7 Å². The highest BCUT2D eigenvalue weighted by Crippen LogP contribution is 2.19. The zero-order chi connectivity index (χ0) is 14.4. The van der Waals surface area contributed by atoms with Crippen molar-refractivity contribution >= 4 is 5.91 Å². The minimum Gasteiger partial charge on any atom is -0.467 e. The molecule has 1 aliphatic rings. The van der Waals surface area contributed by atoms with Crippen LogP contribution in [-0.2, 0) is 11.3 Å². The molecule has 5 heteroatoms. The van der Waals surface area contributed by atoms with Gasteiger partial charge in [-0.2, -0.15) is 0 Å². The zero-order valence-corrected chi connectivity index (χ0v) is 12.3. The van der Waals surface area contributed by atoms with Gasteiger partial charge < -0.3 is 15.1 Å². The van der Waals surface area contributed by atoms with E-state index in [1.165, 1.54) is 12.8 Å². The second-order valence-corrected chi connectivity index (χ2v) is 5.53. The fourth-order valence-electron chi connectivity index (χ4n) is 2.81. The van der Waals surface area contributed by atoms with E-state index in [2.05, 4.69) is 4.90 Å². The summed E-state index contributed by atoms with van der Waals surface area (Å²) in [5, 5.41) is 0. The molecule has 2 rings (SSSR count). The summed E-state index contributed by atoms with van der Waals surface area (Å²) in [4.78, 5) is 16.3. The van der Waals surface area contributed by atoms with Crippen LogP contribution >= 0.6 is 0 Å². The number of carbonyl (C=O) groups excluding carboxylic acids is 1. The first-order valence-corrected chi connectivity index (χ1v) is 7.41. The third kappa shape index (κ3) is 4.08. The lowest BCUT2D eigenvalue weighted by Gasteiger charge is -2.35. The molecule has 1 saturated heterocycles. The maximum absolute atomic E-state index is 12.3. The zero-order valence-electron chi connectivity index (χ0n) is 12.3. The minimum absolute atomic E-state index is 0.144. The Morgan fingerprint density at radius 1 is 1.55 bits per heavy atom. The first kappa shape index (κ1) is 15.1. The van der Waals surface area contributed by atoms with Gasteiger partial charge >= 0.3 is 0 Å². The first-order chi connectivity index (χ1) is 9.70. The van der Waals surface area contributed by atoms with Crippen LogP contribution in [0.4, 0.5) is 0 Å². The van der Waals surface area contributed by atoms with E-state index in [0.717, 1.165) is 25.1 Å². The Morgan fingerprint density at radius 2 is 2.40 bits per heavy atom. The van der Waals surface area contributed by atoms with Gasteiger partial charge in [-0.3, -0.25) is 9.69 Å². The number of nitrogens with two attached hydrogens (primary N) is 1. The van der Waals surface area contributed by atoms with Crippen molar-refractivity contribution < 1.29 is 9.21 Å². The predicted octanol–water partition coefficient (Wildman–Crippen LogP) is 1.44. The summed E-state index contributed by atoms with van der Waals surface area (Å²) < 4.78 is 5.28. The van der Waals surface area contributed by atoms with Crippen molar-refractivity contribution in [2.75, 3.05) is 26.7 Å². The van der Waals surface area contributed by atoms with Crippen molar-refractivity contribution in [1.29, 1.82) is 0 Å². The molecule has 0 spiro atoms. The molecule has 112 valence electrons. The van der Waals surface area contributed by atoms with Crippen LogP contribution in [-0.4, -0.2) is 48.4 Å². The molecule has 0 saturated carbocycles. The third-order valence-corrected chi connectivity index (χ3v) is 3.99. The Morgan fingerprint density at radius 3 is 3.10 bits per heavy atom. The van der Waals surface area contributed by atoms with E-state index < -0.39 is 0 Å². The second kappa shape index (κ2) is 7.45. The molecular weight excluding hydrogens is 254 g/mol. The van der Waals surface area contributed by atoms with Gasteiger partial charge in [-0.1, -0.05) is 6.42 Å². The molecule has 1 fully saturated rings. The molecule has 0 bridgehead atoms. The number of furan rings is 1. The monoisotopic (exact) mass is 279 g/mol. The summed E-state index contributed by atoms with van der Waals surface area (Å²) in [6, 6.07) is 4.20. The van der Waals surface area contributed by atoms with Crippen LogP contribution in [0.2, 0.25) is 0 Å². The molecule has 5 nitrogen and oxygen atoms in total. The van der Waals surface area contributed by atoms with Gasteiger partial charge in [0.1, 0.15) is 5.76 Å². The highest BCUT2D eigenvalue weighted by Gasteiger charge is 2.24. The van der Waals surface area contributed by atoms with E-state index in [-0.39, 0.29) is 5.91 Å². The Balaban J connectivity index is 1.85. The summed E-state index contributed by atoms with van der Waals surface area (Å²) in [5.74, 6) is 0.961. The Hall–Kier alpha value is -1.33. The summed E-state index contributed by atoms with van der Waals surface area (Å²) >= 11 is 0. The van der Waals surface area contributed by atoms with Crippen LogP contribution < -0.4 is 5.73 Å². The van der Waals surface area contributed by atoms with Gasteiger partial charge in [0.15, 0.2) is 0 Å². The van der Waals surface area contributed by atoms with Crippen molar-refractivity contribution in [3.63, 3.8) is 0 Å². The quantitative estimate of drug-likeness (QED) is 0.856. The van der Waals surface area contributed by atoms with Gasteiger partial charge in [0.05, 0.1) is 19.4 Å². The fraction of sp³-hybridized carbons (Fsp3) is 0.667. The number of amides is 1. The molecule has 1 atom stereocenters. The molecule has 2 heterocycles. The van der Waals surface area contributed by atoms with Crippen LogP contribution in [0.25, 0.3) is 0 Å². The number of likely N-dealkylation sites (N-methyl/N-ethyl adjacent to an activating group) is 1. The van der Waals surface area contributed by atoms with Crippen molar-refractivity contribution in [3.05, 3.63) is 24.2 Å². The molecule has 1 aromatic heterocycles. The number of carbonyl (C=O) groups is 1. The maximum atomic E-state index is 12.3. The van der Waals surface area contributed by atoms with Crippen molar-refractivity contribution in [1.82, 2.24) is 9.80 Å². The lowest BCUT2D eigenvalue weighted by atomic mass is 9.99. The third-order valence-electron chi connectivity index (χ3n) is 3.99. The van der Waals surface area contributed by atoms with Crippen molar-refractivity contribution in [2.24, 2.45) is 5.73 Å². The molecular formula is C15H25N3O2. The number of piperidine rings is 1. The molecule has 0 aliphatic carbocycles. The lowest BCUT2D eigenvalue weighted by Crippen LogP contribution is -2.46. The highest BCUT2D eigenvalue weighted by atomic mass is 16.3. The normalized spacial score (nSPS) is 20.0. The van der Waals surface area contributed by atoms with E-state index in [1.54, 1.807) is 11.2 Å². The second-order valence-electron chi connectivity index (χ2n) is 5.53. The molecule has 1 amide bonds. The van der Waals surface area contributed by atoms with Gasteiger partial charge in [-0.05, 0) is 44.5 Å². The number of nitrogens with zero attached hydrogens (tertiary/aromatic N) is 2. The average Bonchev–Trinajstić information content (AvgIpc) is 2.94. The van der Waals surface area contributed by atoms with Crippen LogP contribution in [0.1, 0.15) is 31.4 Å². The molecule has 1 aromatic rings. The van der Waals surface area contributed by atoms with E-state index in [9.17, 15) is 4.79 Å². The first-order valence-electron chi connectivity index (χ1n) is 7.41. The number of rotatable bonds is 6. The van der Waals surface area contributed by atoms with Gasteiger partial charge in [0.2, 0.25) is 5.91 Å². The van der Waals surface area contributed by atoms with Gasteiger partial charge in [-0.25, -0.2) is 0 Å². The smallest absolute Gasteiger partial charge is 0.236 e. The Kier molecular flexibility index (Phi) is 5.61. The van der Waals surface area contributed by atoms with Gasteiger partial charge in [-0.15, -0.1) is 0 Å². The Labute approximate surface area is 120 Å². The minimum atomic E-state index is 0.144. The highest BCUT2D eigenvalue weighted by molar-refractivity contribution is 5.78. The lowest BCUT2D eigenvalue weighted by molar-refractivity contribution is -0.132. The number of likely N-dealkylation sites (tertiary alicyclic amines) is 1. The van der Waals surface area contributed by atoms with Gasteiger partial charge in [0.25, 0.3) is 0 Å². The van der Waals surface area contributed by atoms with Crippen LogP contribution in [0, 0.1) is 0 Å². The van der Waals surface area contributed by atoms with E-state index in [1.807, 2.05) is 19.2 Å². The number of hydrogen-bond acceptors (Lipinski definition) is 4. The molecule has 2 N–H and O–H groups in total. The summed E-state index contributed by atoms with van der Waals surface area (Å²) in [7, 11) is 1.83. The Bertz CT molecular complexity index is 403. The average molecular weight is 279 g/mol. The van der Waals surface area contributed by atoms with Gasteiger partial charge in [0, 0.05) is 13.1 Å². The molecule has 1 aliphatic heterocycles. The molecule has 0 radical (unpaired) electrons.